The predicted octanol–water partition coefficient (Wildman–Crippen LogP) is 0.591. The number of benzene rings is 1. The van der Waals surface area contributed by atoms with Crippen LogP contribution in [-0.2, 0) is 9.53 Å². The van der Waals surface area contributed by atoms with Gasteiger partial charge in [0, 0.05) is 31.8 Å². The van der Waals surface area contributed by atoms with E-state index in [1.165, 1.54) is 31.3 Å². The van der Waals surface area contributed by atoms with E-state index in [-0.39, 0.29) is 30.3 Å². The van der Waals surface area contributed by atoms with Crippen LogP contribution in [0.1, 0.15) is 16.8 Å². The monoisotopic (exact) mass is 294 g/mol. The van der Waals surface area contributed by atoms with E-state index in [1.807, 2.05) is 0 Å². The van der Waals surface area contributed by atoms with E-state index in [4.69, 9.17) is 15.2 Å². The highest BCUT2D eigenvalue weighted by Gasteiger charge is 2.40. The normalized spacial score (nSPS) is 21.3. The third-order valence-electron chi connectivity index (χ3n) is 3.63. The largest absolute Gasteiger partial charge is 0.497 e. The fourth-order valence-corrected chi connectivity index (χ4v) is 2.44. The van der Waals surface area contributed by atoms with Crippen LogP contribution in [0.5, 0.6) is 5.75 Å². The van der Waals surface area contributed by atoms with Crippen molar-refractivity contribution in [3.63, 3.8) is 0 Å². The summed E-state index contributed by atoms with van der Waals surface area (Å²) in [7, 11) is 3.00. The molecule has 1 saturated heterocycles. The van der Waals surface area contributed by atoms with Crippen LogP contribution in [0, 0.1) is 0 Å². The lowest BCUT2D eigenvalue weighted by molar-refractivity contribution is -0.141. The van der Waals surface area contributed by atoms with Gasteiger partial charge in [-0.05, 0) is 12.1 Å². The van der Waals surface area contributed by atoms with Crippen molar-refractivity contribution in [3.8, 4) is 5.75 Å². The number of nitrogen functional groups attached to an aromatic ring is 1. The number of carboxylic acid groups (broad SMARTS) is 1. The highest BCUT2D eigenvalue weighted by atomic mass is 16.5. The zero-order valence-electron chi connectivity index (χ0n) is 11.9. The number of rotatable bonds is 4. The number of hydrogen-bond acceptors (Lipinski definition) is 5. The maximum Gasteiger partial charge on any atom is 0.326 e. The Hall–Kier alpha value is -2.28. The maximum atomic E-state index is 12.5. The van der Waals surface area contributed by atoms with Gasteiger partial charge in [-0.25, -0.2) is 4.79 Å². The van der Waals surface area contributed by atoms with Gasteiger partial charge in [0.1, 0.15) is 11.8 Å². The summed E-state index contributed by atoms with van der Waals surface area (Å²) in [6.07, 6.45) is -0.0114. The lowest BCUT2D eigenvalue weighted by Gasteiger charge is -2.22. The van der Waals surface area contributed by atoms with E-state index in [0.29, 0.717) is 5.75 Å². The number of hydrogen-bond donors (Lipinski definition) is 2. The molecule has 1 aliphatic heterocycles. The van der Waals surface area contributed by atoms with Crippen molar-refractivity contribution in [1.29, 1.82) is 0 Å². The van der Waals surface area contributed by atoms with Gasteiger partial charge in [-0.15, -0.1) is 0 Å². The molecule has 114 valence electrons. The highest BCUT2D eigenvalue weighted by molar-refractivity contribution is 6.01. The molecule has 1 amide bonds. The van der Waals surface area contributed by atoms with Gasteiger partial charge in [0.2, 0.25) is 0 Å². The van der Waals surface area contributed by atoms with Crippen LogP contribution in [0.15, 0.2) is 18.2 Å². The summed E-state index contributed by atoms with van der Waals surface area (Å²) >= 11 is 0. The molecule has 1 heterocycles. The molecule has 2 unspecified atom stereocenters. The second-order valence-electron chi connectivity index (χ2n) is 4.86. The molecule has 0 saturated carbocycles. The lowest BCUT2D eigenvalue weighted by Crippen LogP contribution is -2.40. The van der Waals surface area contributed by atoms with Crippen molar-refractivity contribution in [2.75, 3.05) is 26.5 Å². The van der Waals surface area contributed by atoms with Crippen LogP contribution in [0.2, 0.25) is 0 Å². The topological polar surface area (TPSA) is 102 Å². The van der Waals surface area contributed by atoms with Crippen molar-refractivity contribution in [2.45, 2.75) is 18.6 Å². The van der Waals surface area contributed by atoms with Gasteiger partial charge in [0.25, 0.3) is 5.91 Å². The number of likely N-dealkylation sites (tertiary alicyclic amines) is 1. The molecule has 0 bridgehead atoms. The lowest BCUT2D eigenvalue weighted by atomic mass is 10.1. The maximum absolute atomic E-state index is 12.5. The van der Waals surface area contributed by atoms with Crippen LogP contribution in [-0.4, -0.2) is 54.8 Å². The number of carboxylic acids is 1. The Kier molecular flexibility index (Phi) is 4.32. The molecule has 3 N–H and O–H groups in total. The molecule has 0 aliphatic carbocycles. The Balaban J connectivity index is 2.28. The molecule has 7 nitrogen and oxygen atoms in total. The first kappa shape index (κ1) is 15.1. The Morgan fingerprint density at radius 2 is 2.10 bits per heavy atom. The van der Waals surface area contributed by atoms with E-state index >= 15 is 0 Å². The van der Waals surface area contributed by atoms with E-state index in [9.17, 15) is 14.7 Å². The van der Waals surface area contributed by atoms with Crippen LogP contribution in [0.3, 0.4) is 0 Å². The minimum atomic E-state index is -1.05. The molecular formula is C14H18N2O5. The van der Waals surface area contributed by atoms with Gasteiger partial charge in [0.15, 0.2) is 0 Å². The number of nitrogens with zero attached hydrogens (tertiary/aromatic N) is 1. The third kappa shape index (κ3) is 2.92. The summed E-state index contributed by atoms with van der Waals surface area (Å²) in [6, 6.07) is 3.79. The molecule has 0 spiro atoms. The standard InChI is InChI=1S/C14H18N2O5/c1-20-8-3-4-10(11(15)5-8)13(17)16-7-9(21-2)6-12(16)14(18)19/h3-5,9,12H,6-7,15H2,1-2H3,(H,18,19). The first-order chi connectivity index (χ1) is 9.97. The first-order valence-corrected chi connectivity index (χ1v) is 6.48. The van der Waals surface area contributed by atoms with Gasteiger partial charge in [-0.1, -0.05) is 0 Å². The summed E-state index contributed by atoms with van der Waals surface area (Å²) in [6.45, 7) is 0.234. The number of aliphatic carboxylic acids is 1. The van der Waals surface area contributed by atoms with Gasteiger partial charge >= 0.3 is 5.97 Å². The Morgan fingerprint density at radius 1 is 1.38 bits per heavy atom. The molecule has 1 fully saturated rings. The van der Waals surface area contributed by atoms with E-state index in [1.54, 1.807) is 6.07 Å². The summed E-state index contributed by atoms with van der Waals surface area (Å²) in [4.78, 5) is 25.1. The third-order valence-corrected chi connectivity index (χ3v) is 3.63. The van der Waals surface area contributed by atoms with Crippen molar-refractivity contribution >= 4 is 17.6 Å². The molecular weight excluding hydrogens is 276 g/mol. The second-order valence-corrected chi connectivity index (χ2v) is 4.86. The zero-order chi connectivity index (χ0) is 15.6. The van der Waals surface area contributed by atoms with Crippen LogP contribution >= 0.6 is 0 Å². The molecule has 0 aromatic heterocycles. The minimum absolute atomic E-state index is 0.234. The van der Waals surface area contributed by atoms with Crippen molar-refractivity contribution in [2.24, 2.45) is 0 Å². The minimum Gasteiger partial charge on any atom is -0.497 e. The molecule has 21 heavy (non-hydrogen) atoms. The molecule has 1 aliphatic rings. The Labute approximate surface area is 122 Å². The van der Waals surface area contributed by atoms with Crippen molar-refractivity contribution < 1.29 is 24.2 Å². The van der Waals surface area contributed by atoms with Crippen molar-refractivity contribution in [3.05, 3.63) is 23.8 Å². The SMILES string of the molecule is COc1ccc(C(=O)N2CC(OC)CC2C(=O)O)c(N)c1. The predicted molar refractivity (Wildman–Crippen MR) is 75.3 cm³/mol. The first-order valence-electron chi connectivity index (χ1n) is 6.48. The average Bonchev–Trinajstić information content (AvgIpc) is 2.91. The van der Waals surface area contributed by atoms with Gasteiger partial charge in [-0.2, -0.15) is 0 Å². The summed E-state index contributed by atoms with van der Waals surface area (Å²) in [5.74, 6) is -0.924. The summed E-state index contributed by atoms with van der Waals surface area (Å²) in [5, 5.41) is 9.24. The summed E-state index contributed by atoms with van der Waals surface area (Å²) < 4.78 is 10.2. The number of carbonyl (C=O) groups excluding carboxylic acids is 1. The summed E-state index contributed by atoms with van der Waals surface area (Å²) in [5.41, 5.74) is 6.36. The Morgan fingerprint density at radius 3 is 2.62 bits per heavy atom. The quantitative estimate of drug-likeness (QED) is 0.788. The molecule has 1 aromatic rings. The highest BCUT2D eigenvalue weighted by Crippen LogP contribution is 2.26. The number of amides is 1. The van der Waals surface area contributed by atoms with E-state index in [0.717, 1.165) is 0 Å². The molecule has 0 radical (unpaired) electrons. The number of anilines is 1. The fraction of sp³-hybridized carbons (Fsp3) is 0.429. The Bertz CT molecular complexity index is 560. The van der Waals surface area contributed by atoms with Crippen molar-refractivity contribution in [1.82, 2.24) is 4.90 Å². The van der Waals surface area contributed by atoms with Gasteiger partial charge < -0.3 is 25.2 Å². The molecule has 2 atom stereocenters. The second kappa shape index (κ2) is 6.01. The van der Waals surface area contributed by atoms with Crippen LogP contribution in [0.4, 0.5) is 5.69 Å². The fourth-order valence-electron chi connectivity index (χ4n) is 2.44. The molecule has 7 heteroatoms. The number of carbonyl (C=O) groups is 2. The smallest absolute Gasteiger partial charge is 0.326 e. The molecule has 1 aromatic carbocycles. The number of methoxy groups -OCH3 is 2. The van der Waals surface area contributed by atoms with Crippen LogP contribution in [0.25, 0.3) is 0 Å². The number of ether oxygens (including phenoxy) is 2. The van der Waals surface area contributed by atoms with E-state index < -0.39 is 17.9 Å². The average molecular weight is 294 g/mol. The van der Waals surface area contributed by atoms with Gasteiger partial charge in [-0.3, -0.25) is 4.79 Å². The zero-order valence-corrected chi connectivity index (χ0v) is 11.9. The molecule has 2 rings (SSSR count). The van der Waals surface area contributed by atoms with Crippen LogP contribution < -0.4 is 10.5 Å². The van der Waals surface area contributed by atoms with E-state index in [2.05, 4.69) is 0 Å². The number of nitrogens with two attached hydrogens (primary N) is 1. The van der Waals surface area contributed by atoms with Gasteiger partial charge in [0.05, 0.1) is 18.8 Å².